The third-order valence-corrected chi connectivity index (χ3v) is 5.26. The molecule has 0 bridgehead atoms. The Morgan fingerprint density at radius 3 is 2.73 bits per heavy atom. The third kappa shape index (κ3) is 2.91. The number of anilines is 1. The highest BCUT2D eigenvalue weighted by Gasteiger charge is 2.15. The van der Waals surface area contributed by atoms with Gasteiger partial charge in [-0.25, -0.2) is 4.98 Å². The summed E-state index contributed by atoms with van der Waals surface area (Å²) in [6.07, 6.45) is 0. The number of benzene rings is 2. The first-order valence-electron chi connectivity index (χ1n) is 8.45. The summed E-state index contributed by atoms with van der Waals surface area (Å²) in [6.45, 7) is 6.01. The fourth-order valence-electron chi connectivity index (χ4n) is 3.29. The first kappa shape index (κ1) is 16.5. The van der Waals surface area contributed by atoms with Crippen molar-refractivity contribution < 1.29 is 4.79 Å². The summed E-state index contributed by atoms with van der Waals surface area (Å²) in [5.41, 5.74) is 6.91. The number of aromatic amines is 1. The average molecular weight is 361 g/mol. The maximum Gasteiger partial charge on any atom is 0.257 e. The number of fused-ring (bicyclic) bond motifs is 1. The number of para-hydroxylation sites is 1. The standard InChI is InChI=1S/C21H19N3OS/c1-12-8-9-15(13(2)10-12)20(25)24-21-23-18(11-26-21)19-14(3)22-17-7-5-4-6-16(17)19/h4-11,22H,1-3H3,(H,23,24,25). The molecule has 0 unspecified atom stereocenters. The zero-order valence-corrected chi connectivity index (χ0v) is 15.7. The molecule has 0 saturated heterocycles. The highest BCUT2D eigenvalue weighted by atomic mass is 32.1. The molecule has 4 aromatic rings. The summed E-state index contributed by atoms with van der Waals surface area (Å²) in [7, 11) is 0. The zero-order valence-electron chi connectivity index (χ0n) is 14.9. The van der Waals surface area contributed by atoms with Crippen LogP contribution in [0.4, 0.5) is 5.13 Å². The van der Waals surface area contributed by atoms with Crippen molar-refractivity contribution in [3.05, 3.63) is 70.2 Å². The van der Waals surface area contributed by atoms with Crippen molar-refractivity contribution in [2.45, 2.75) is 20.8 Å². The van der Waals surface area contributed by atoms with Crippen LogP contribution in [0.2, 0.25) is 0 Å². The Kier molecular flexibility index (Phi) is 4.09. The van der Waals surface area contributed by atoms with E-state index in [1.807, 2.05) is 56.5 Å². The van der Waals surface area contributed by atoms with Crippen LogP contribution in [0.1, 0.15) is 27.2 Å². The van der Waals surface area contributed by atoms with Crippen LogP contribution in [-0.2, 0) is 0 Å². The van der Waals surface area contributed by atoms with Crippen molar-refractivity contribution in [1.29, 1.82) is 0 Å². The number of H-pyrrole nitrogens is 1. The van der Waals surface area contributed by atoms with Crippen LogP contribution < -0.4 is 5.32 Å². The normalized spacial score (nSPS) is 11.0. The molecular formula is C21H19N3OS. The van der Waals surface area contributed by atoms with Gasteiger partial charge in [-0.3, -0.25) is 10.1 Å². The predicted molar refractivity (Wildman–Crippen MR) is 108 cm³/mol. The number of amides is 1. The van der Waals surface area contributed by atoms with Crippen molar-refractivity contribution in [2.75, 3.05) is 5.32 Å². The minimum absolute atomic E-state index is 0.126. The minimum atomic E-state index is -0.126. The van der Waals surface area contributed by atoms with Gasteiger partial charge in [-0.2, -0.15) is 0 Å². The maximum atomic E-state index is 12.6. The number of thiazole rings is 1. The van der Waals surface area contributed by atoms with Gasteiger partial charge in [0.15, 0.2) is 5.13 Å². The second kappa shape index (κ2) is 6.42. The van der Waals surface area contributed by atoms with E-state index in [9.17, 15) is 4.79 Å². The average Bonchev–Trinajstić information content (AvgIpc) is 3.17. The molecule has 0 atom stereocenters. The lowest BCUT2D eigenvalue weighted by Gasteiger charge is -2.06. The first-order valence-corrected chi connectivity index (χ1v) is 9.32. The molecule has 0 spiro atoms. The number of nitrogens with one attached hydrogen (secondary N) is 2. The Hall–Kier alpha value is -2.92. The molecule has 4 rings (SSSR count). The number of aryl methyl sites for hydroxylation is 3. The van der Waals surface area contributed by atoms with Gasteiger partial charge in [-0.15, -0.1) is 11.3 Å². The van der Waals surface area contributed by atoms with E-state index in [0.29, 0.717) is 10.7 Å². The van der Waals surface area contributed by atoms with Crippen molar-refractivity contribution in [2.24, 2.45) is 0 Å². The van der Waals surface area contributed by atoms with Gasteiger partial charge in [0.05, 0.1) is 5.69 Å². The van der Waals surface area contributed by atoms with Crippen LogP contribution in [-0.4, -0.2) is 15.9 Å². The summed E-state index contributed by atoms with van der Waals surface area (Å²) < 4.78 is 0. The molecule has 1 amide bonds. The Morgan fingerprint density at radius 2 is 1.92 bits per heavy atom. The van der Waals surface area contributed by atoms with Crippen LogP contribution in [0.5, 0.6) is 0 Å². The van der Waals surface area contributed by atoms with E-state index in [4.69, 9.17) is 0 Å². The van der Waals surface area contributed by atoms with Crippen molar-refractivity contribution in [3.63, 3.8) is 0 Å². The Labute approximate surface area is 155 Å². The lowest BCUT2D eigenvalue weighted by atomic mass is 10.1. The number of hydrogen-bond donors (Lipinski definition) is 2. The Balaban J connectivity index is 1.64. The molecule has 5 heteroatoms. The highest BCUT2D eigenvalue weighted by molar-refractivity contribution is 7.14. The Morgan fingerprint density at radius 1 is 1.12 bits per heavy atom. The van der Waals surface area contributed by atoms with Gasteiger partial charge in [0.1, 0.15) is 0 Å². The minimum Gasteiger partial charge on any atom is -0.358 e. The number of aromatic nitrogens is 2. The van der Waals surface area contributed by atoms with E-state index in [1.165, 1.54) is 11.3 Å². The van der Waals surface area contributed by atoms with Crippen molar-refractivity contribution in [1.82, 2.24) is 9.97 Å². The van der Waals surface area contributed by atoms with E-state index in [1.54, 1.807) is 0 Å². The first-order chi connectivity index (χ1) is 12.5. The van der Waals surface area contributed by atoms with Gasteiger partial charge < -0.3 is 4.98 Å². The van der Waals surface area contributed by atoms with Gasteiger partial charge in [0.2, 0.25) is 0 Å². The number of nitrogens with zero attached hydrogens (tertiary/aromatic N) is 1. The predicted octanol–water partition coefficient (Wildman–Crippen LogP) is 5.47. The van der Waals surface area contributed by atoms with Crippen LogP contribution in [0.3, 0.4) is 0 Å². The largest absolute Gasteiger partial charge is 0.358 e. The number of hydrogen-bond acceptors (Lipinski definition) is 3. The van der Waals surface area contributed by atoms with Crippen molar-refractivity contribution >= 4 is 33.3 Å². The van der Waals surface area contributed by atoms with Gasteiger partial charge in [0.25, 0.3) is 5.91 Å². The topological polar surface area (TPSA) is 57.8 Å². The zero-order chi connectivity index (χ0) is 18.3. The molecule has 4 nitrogen and oxygen atoms in total. The monoisotopic (exact) mass is 361 g/mol. The fourth-order valence-corrected chi connectivity index (χ4v) is 3.98. The highest BCUT2D eigenvalue weighted by Crippen LogP contribution is 2.34. The Bertz CT molecular complexity index is 1120. The number of rotatable bonds is 3. The second-order valence-electron chi connectivity index (χ2n) is 6.48. The maximum absolute atomic E-state index is 12.6. The molecule has 0 aliphatic rings. The molecule has 0 radical (unpaired) electrons. The quantitative estimate of drug-likeness (QED) is 0.508. The van der Waals surface area contributed by atoms with Crippen molar-refractivity contribution in [3.8, 4) is 11.3 Å². The molecule has 0 aliphatic carbocycles. The summed E-state index contributed by atoms with van der Waals surface area (Å²) in [5.74, 6) is -0.126. The van der Waals surface area contributed by atoms with E-state index in [-0.39, 0.29) is 5.91 Å². The summed E-state index contributed by atoms with van der Waals surface area (Å²) in [5, 5.41) is 6.66. The van der Waals surface area contributed by atoms with Crippen LogP contribution >= 0.6 is 11.3 Å². The lowest BCUT2D eigenvalue weighted by molar-refractivity contribution is 0.102. The molecule has 0 fully saturated rings. The van der Waals surface area contributed by atoms with Gasteiger partial charge in [-0.1, -0.05) is 35.9 Å². The van der Waals surface area contributed by atoms with Gasteiger partial charge >= 0.3 is 0 Å². The van der Waals surface area contributed by atoms with E-state index in [2.05, 4.69) is 27.4 Å². The second-order valence-corrected chi connectivity index (χ2v) is 7.34. The lowest BCUT2D eigenvalue weighted by Crippen LogP contribution is -2.13. The molecule has 2 aromatic carbocycles. The van der Waals surface area contributed by atoms with Gasteiger partial charge in [0, 0.05) is 33.1 Å². The molecule has 0 saturated carbocycles. The number of carbonyl (C=O) groups excluding carboxylic acids is 1. The molecule has 26 heavy (non-hydrogen) atoms. The summed E-state index contributed by atoms with van der Waals surface area (Å²) >= 11 is 1.44. The molecular weight excluding hydrogens is 342 g/mol. The van der Waals surface area contributed by atoms with Crippen LogP contribution in [0, 0.1) is 20.8 Å². The van der Waals surface area contributed by atoms with Gasteiger partial charge in [-0.05, 0) is 38.5 Å². The molecule has 130 valence electrons. The molecule has 2 heterocycles. The van der Waals surface area contributed by atoms with E-state index >= 15 is 0 Å². The third-order valence-electron chi connectivity index (χ3n) is 4.50. The fraction of sp³-hybridized carbons (Fsp3) is 0.143. The van der Waals surface area contributed by atoms with E-state index in [0.717, 1.165) is 39.0 Å². The SMILES string of the molecule is Cc1ccc(C(=O)Nc2nc(-c3c(C)[nH]c4ccccc34)cs2)c(C)c1. The van der Waals surface area contributed by atoms with Crippen LogP contribution in [0.15, 0.2) is 47.8 Å². The number of carbonyl (C=O) groups is 1. The van der Waals surface area contributed by atoms with Crippen LogP contribution in [0.25, 0.3) is 22.2 Å². The molecule has 0 aliphatic heterocycles. The summed E-state index contributed by atoms with van der Waals surface area (Å²) in [4.78, 5) is 20.6. The van der Waals surface area contributed by atoms with E-state index < -0.39 is 0 Å². The molecule has 2 aromatic heterocycles. The smallest absolute Gasteiger partial charge is 0.257 e. The molecule has 2 N–H and O–H groups in total. The summed E-state index contributed by atoms with van der Waals surface area (Å²) in [6, 6.07) is 14.0.